The van der Waals surface area contributed by atoms with E-state index in [1.807, 2.05) is 30.3 Å². The van der Waals surface area contributed by atoms with E-state index in [9.17, 15) is 32.3 Å². The highest BCUT2D eigenvalue weighted by molar-refractivity contribution is 5.87. The molecular weight excluding hydrogens is 509 g/mol. The fourth-order valence-corrected chi connectivity index (χ4v) is 3.22. The molecule has 0 saturated carbocycles. The molecule has 0 saturated heterocycles. The summed E-state index contributed by atoms with van der Waals surface area (Å²) in [7, 11) is 0. The highest BCUT2D eigenvalue weighted by Gasteiger charge is 2.41. The van der Waals surface area contributed by atoms with Crippen LogP contribution in [0.3, 0.4) is 0 Å². The normalized spacial score (nSPS) is 13.4. The van der Waals surface area contributed by atoms with Crippen LogP contribution >= 0.6 is 0 Å². The number of esters is 4. The predicted octanol–water partition coefficient (Wildman–Crippen LogP) is 5.05. The summed E-state index contributed by atoms with van der Waals surface area (Å²) in [5, 5.41) is 0. The van der Waals surface area contributed by atoms with Crippen LogP contribution in [0.4, 0.5) is 13.2 Å². The van der Waals surface area contributed by atoms with Gasteiger partial charge in [0.05, 0.1) is 10.8 Å². The van der Waals surface area contributed by atoms with Crippen LogP contribution in [-0.2, 0) is 38.1 Å². The molecule has 0 bridgehead atoms. The maximum atomic E-state index is 12.5. The van der Waals surface area contributed by atoms with Gasteiger partial charge in [-0.2, -0.15) is 13.2 Å². The highest BCUT2D eigenvalue weighted by atomic mass is 19.4. The van der Waals surface area contributed by atoms with Crippen LogP contribution < -0.4 is 0 Å². The lowest BCUT2D eigenvalue weighted by molar-refractivity contribution is -0.201. The fraction of sp³-hybridized carbons (Fsp3) is 0.556. The van der Waals surface area contributed by atoms with E-state index < -0.39 is 54.1 Å². The smallest absolute Gasteiger partial charge is 0.462 e. The van der Waals surface area contributed by atoms with Gasteiger partial charge in [-0.05, 0) is 51.7 Å². The van der Waals surface area contributed by atoms with Gasteiger partial charge in [0.1, 0.15) is 26.4 Å². The Labute approximate surface area is 220 Å². The number of rotatable bonds is 15. The molecule has 0 N–H and O–H groups in total. The average molecular weight is 545 g/mol. The van der Waals surface area contributed by atoms with Crippen molar-refractivity contribution >= 4 is 30.0 Å². The van der Waals surface area contributed by atoms with E-state index in [1.54, 1.807) is 33.8 Å². The third-order valence-corrected chi connectivity index (χ3v) is 5.91. The Hall–Kier alpha value is -3.37. The molecule has 1 aromatic rings. The molecule has 0 amide bonds. The van der Waals surface area contributed by atoms with Crippen molar-refractivity contribution < 1.29 is 51.3 Å². The first-order valence-electron chi connectivity index (χ1n) is 12.2. The Morgan fingerprint density at radius 2 is 1.29 bits per heavy atom. The second-order valence-corrected chi connectivity index (χ2v) is 9.47. The van der Waals surface area contributed by atoms with Crippen molar-refractivity contribution in [3.05, 3.63) is 42.0 Å². The Kier molecular flexibility index (Phi) is 13.0. The largest absolute Gasteiger partial charge is 0.490 e. The van der Waals surface area contributed by atoms with E-state index in [-0.39, 0.29) is 13.2 Å². The molecule has 8 nitrogen and oxygen atoms in total. The molecule has 0 aliphatic heterocycles. The third-order valence-electron chi connectivity index (χ3n) is 5.91. The summed E-state index contributed by atoms with van der Waals surface area (Å²) in [6.07, 6.45) is -0.622. The SMILES string of the molecule is CCC(C)(CCCC(C)(C)C(=O)OCCOC(=O)/C=C/c1ccccc1)C(=O)OCCOC(=O)C(F)(F)F. The van der Waals surface area contributed by atoms with Crippen molar-refractivity contribution in [3.63, 3.8) is 0 Å². The van der Waals surface area contributed by atoms with Gasteiger partial charge in [0.15, 0.2) is 0 Å². The zero-order valence-electron chi connectivity index (χ0n) is 22.1. The van der Waals surface area contributed by atoms with Crippen LogP contribution in [0.15, 0.2) is 36.4 Å². The van der Waals surface area contributed by atoms with Gasteiger partial charge in [0.2, 0.25) is 0 Å². The van der Waals surface area contributed by atoms with Crippen LogP contribution in [0.25, 0.3) is 6.08 Å². The van der Waals surface area contributed by atoms with E-state index in [4.69, 9.17) is 14.2 Å². The van der Waals surface area contributed by atoms with Crippen molar-refractivity contribution in [2.75, 3.05) is 26.4 Å². The zero-order valence-corrected chi connectivity index (χ0v) is 22.1. The molecule has 0 heterocycles. The maximum absolute atomic E-state index is 12.5. The van der Waals surface area contributed by atoms with Crippen LogP contribution in [0, 0.1) is 10.8 Å². The van der Waals surface area contributed by atoms with E-state index in [2.05, 4.69) is 4.74 Å². The van der Waals surface area contributed by atoms with E-state index in [0.29, 0.717) is 25.7 Å². The van der Waals surface area contributed by atoms with Crippen molar-refractivity contribution in [2.45, 2.75) is 59.6 Å². The topological polar surface area (TPSA) is 105 Å². The van der Waals surface area contributed by atoms with Gasteiger partial charge >= 0.3 is 30.1 Å². The first-order valence-corrected chi connectivity index (χ1v) is 12.2. The first-order chi connectivity index (χ1) is 17.7. The molecule has 0 aromatic heterocycles. The Morgan fingerprint density at radius 1 is 0.763 bits per heavy atom. The van der Waals surface area contributed by atoms with Crippen LogP contribution in [0.5, 0.6) is 0 Å². The summed E-state index contributed by atoms with van der Waals surface area (Å²) >= 11 is 0. The third kappa shape index (κ3) is 11.8. The molecule has 11 heteroatoms. The van der Waals surface area contributed by atoms with Gasteiger partial charge < -0.3 is 18.9 Å². The first kappa shape index (κ1) is 32.7. The number of halogens is 3. The number of benzene rings is 1. The molecule has 1 rings (SSSR count). The van der Waals surface area contributed by atoms with Gasteiger partial charge in [-0.1, -0.05) is 43.7 Å². The van der Waals surface area contributed by atoms with Crippen LogP contribution in [0.2, 0.25) is 0 Å². The van der Waals surface area contributed by atoms with Crippen LogP contribution in [0.1, 0.15) is 58.9 Å². The molecule has 0 fully saturated rings. The molecule has 0 spiro atoms. The monoisotopic (exact) mass is 544 g/mol. The highest BCUT2D eigenvalue weighted by Crippen LogP contribution is 2.33. The second-order valence-electron chi connectivity index (χ2n) is 9.47. The van der Waals surface area contributed by atoms with E-state index in [1.165, 1.54) is 6.08 Å². The molecule has 0 aliphatic rings. The van der Waals surface area contributed by atoms with Crippen molar-refractivity contribution in [1.29, 1.82) is 0 Å². The molecular formula is C27H35F3O8. The minimum Gasteiger partial charge on any atom is -0.462 e. The molecule has 212 valence electrons. The number of ether oxygens (including phenoxy) is 4. The van der Waals surface area contributed by atoms with Crippen molar-refractivity contribution in [2.24, 2.45) is 10.8 Å². The molecule has 38 heavy (non-hydrogen) atoms. The zero-order chi connectivity index (χ0) is 28.8. The molecule has 1 aromatic carbocycles. The second kappa shape index (κ2) is 15.1. The van der Waals surface area contributed by atoms with Gasteiger partial charge in [0, 0.05) is 6.08 Å². The molecule has 0 radical (unpaired) electrons. The minimum atomic E-state index is -5.11. The summed E-state index contributed by atoms with van der Waals surface area (Å²) in [5.74, 6) is -4.03. The Bertz CT molecular complexity index is 957. The van der Waals surface area contributed by atoms with Gasteiger partial charge in [-0.25, -0.2) is 9.59 Å². The quantitative estimate of drug-likeness (QED) is 0.131. The number of hydrogen-bond acceptors (Lipinski definition) is 8. The van der Waals surface area contributed by atoms with Crippen molar-refractivity contribution in [3.8, 4) is 0 Å². The summed E-state index contributed by atoms with van der Waals surface area (Å²) in [6, 6.07) is 9.21. The van der Waals surface area contributed by atoms with Crippen LogP contribution in [-0.4, -0.2) is 56.5 Å². The lowest BCUT2D eigenvalue weighted by Gasteiger charge is -2.28. The lowest BCUT2D eigenvalue weighted by Crippen LogP contribution is -2.33. The Morgan fingerprint density at radius 3 is 1.84 bits per heavy atom. The fourth-order valence-electron chi connectivity index (χ4n) is 3.22. The number of hydrogen-bond donors (Lipinski definition) is 0. The molecule has 1 atom stereocenters. The maximum Gasteiger partial charge on any atom is 0.490 e. The summed E-state index contributed by atoms with van der Waals surface area (Å²) < 4.78 is 55.7. The molecule has 0 aliphatic carbocycles. The minimum absolute atomic E-state index is 0.0994. The summed E-state index contributed by atoms with van der Waals surface area (Å²) in [5.41, 5.74) is -0.964. The lowest BCUT2D eigenvalue weighted by atomic mass is 9.79. The van der Waals surface area contributed by atoms with E-state index in [0.717, 1.165) is 5.56 Å². The van der Waals surface area contributed by atoms with Gasteiger partial charge in [0.25, 0.3) is 0 Å². The summed E-state index contributed by atoms with van der Waals surface area (Å²) in [6.45, 7) is 5.40. The summed E-state index contributed by atoms with van der Waals surface area (Å²) in [4.78, 5) is 47.4. The Balaban J connectivity index is 2.37. The predicted molar refractivity (Wildman–Crippen MR) is 131 cm³/mol. The van der Waals surface area contributed by atoms with Crippen molar-refractivity contribution in [1.82, 2.24) is 0 Å². The average Bonchev–Trinajstić information content (AvgIpc) is 2.87. The number of alkyl halides is 3. The number of carbonyl (C=O) groups excluding carboxylic acids is 4. The number of carbonyl (C=O) groups is 4. The molecule has 1 unspecified atom stereocenters. The van der Waals surface area contributed by atoms with E-state index >= 15 is 0 Å². The standard InChI is InChI=1S/C27H35F3O8/c1-5-26(4,23(33)37-18-19-38-24(34)27(28,29)30)15-9-14-25(2,3)22(32)36-17-16-35-21(31)13-12-20-10-7-6-8-11-20/h6-8,10-13H,5,9,14-19H2,1-4H3/b13-12+. The van der Waals surface area contributed by atoms with Gasteiger partial charge in [-0.15, -0.1) is 0 Å². The van der Waals surface area contributed by atoms with Gasteiger partial charge in [-0.3, -0.25) is 9.59 Å².